The Morgan fingerprint density at radius 1 is 1.22 bits per heavy atom. The van der Waals surface area contributed by atoms with Crippen LogP contribution in [0.2, 0.25) is 0 Å². The summed E-state index contributed by atoms with van der Waals surface area (Å²) in [6.45, 7) is 5.99. The largest absolute Gasteiger partial charge is 0.314 e. The molecule has 0 heterocycles. The van der Waals surface area contributed by atoms with Gasteiger partial charge < -0.3 is 5.32 Å². The van der Waals surface area contributed by atoms with Gasteiger partial charge in [-0.15, -0.1) is 0 Å². The molecule has 1 fully saturated rings. The van der Waals surface area contributed by atoms with Crippen LogP contribution in [0.3, 0.4) is 0 Å². The van der Waals surface area contributed by atoms with Crippen LogP contribution in [0.5, 0.6) is 0 Å². The molecule has 1 nitrogen and oxygen atoms in total. The van der Waals surface area contributed by atoms with Crippen molar-refractivity contribution in [3.05, 3.63) is 11.6 Å². The van der Waals surface area contributed by atoms with Crippen LogP contribution in [0.25, 0.3) is 0 Å². The molecule has 0 amide bonds. The zero-order valence-electron chi connectivity index (χ0n) is 12.4. The molecule has 18 heavy (non-hydrogen) atoms. The van der Waals surface area contributed by atoms with Gasteiger partial charge in [0.1, 0.15) is 0 Å². The van der Waals surface area contributed by atoms with E-state index in [4.69, 9.17) is 0 Å². The summed E-state index contributed by atoms with van der Waals surface area (Å²) in [4.78, 5) is 0. The normalized spacial score (nSPS) is 29.4. The highest BCUT2D eigenvalue weighted by Gasteiger charge is 2.23. The fraction of sp³-hybridized carbons (Fsp3) is 0.882. The van der Waals surface area contributed by atoms with Crippen LogP contribution in [0.1, 0.15) is 71.6 Å². The van der Waals surface area contributed by atoms with Crippen LogP contribution < -0.4 is 5.32 Å². The third-order valence-electron chi connectivity index (χ3n) is 4.92. The molecule has 0 aromatic rings. The third-order valence-corrected chi connectivity index (χ3v) is 4.92. The Morgan fingerprint density at radius 2 is 2.11 bits per heavy atom. The van der Waals surface area contributed by atoms with Crippen molar-refractivity contribution >= 4 is 0 Å². The molecule has 1 heteroatoms. The van der Waals surface area contributed by atoms with Gasteiger partial charge in [0.05, 0.1) is 0 Å². The van der Waals surface area contributed by atoms with Gasteiger partial charge in [0.25, 0.3) is 0 Å². The van der Waals surface area contributed by atoms with Gasteiger partial charge in [-0.3, -0.25) is 0 Å². The first-order valence-electron chi connectivity index (χ1n) is 8.17. The molecule has 2 atom stereocenters. The summed E-state index contributed by atoms with van der Waals surface area (Å²) in [5.74, 6) is 1.83. The maximum Gasteiger partial charge on any atom is 0.00699 e. The molecular weight excluding hydrogens is 218 g/mol. The van der Waals surface area contributed by atoms with Gasteiger partial charge in [-0.05, 0) is 63.3 Å². The molecule has 2 aliphatic rings. The van der Waals surface area contributed by atoms with Crippen molar-refractivity contribution in [1.29, 1.82) is 0 Å². The summed E-state index contributed by atoms with van der Waals surface area (Å²) in [6.07, 6.45) is 15.0. The molecule has 2 aliphatic carbocycles. The topological polar surface area (TPSA) is 12.0 Å². The number of rotatable bonds is 5. The summed E-state index contributed by atoms with van der Waals surface area (Å²) < 4.78 is 0. The van der Waals surface area contributed by atoms with E-state index in [1.165, 1.54) is 64.3 Å². The fourth-order valence-corrected chi connectivity index (χ4v) is 3.59. The fourth-order valence-electron chi connectivity index (χ4n) is 3.59. The van der Waals surface area contributed by atoms with Crippen LogP contribution in [0.4, 0.5) is 0 Å². The molecule has 0 radical (unpaired) electrons. The first kappa shape index (κ1) is 14.1. The van der Waals surface area contributed by atoms with Crippen molar-refractivity contribution in [2.24, 2.45) is 11.8 Å². The second kappa shape index (κ2) is 7.33. The first-order chi connectivity index (χ1) is 8.75. The van der Waals surface area contributed by atoms with Gasteiger partial charge in [-0.25, -0.2) is 0 Å². The van der Waals surface area contributed by atoms with E-state index in [2.05, 4.69) is 25.2 Å². The minimum absolute atomic E-state index is 0.801. The predicted octanol–water partition coefficient (Wildman–Crippen LogP) is 4.68. The van der Waals surface area contributed by atoms with Gasteiger partial charge >= 0.3 is 0 Å². The van der Waals surface area contributed by atoms with Gasteiger partial charge in [-0.1, -0.05) is 38.3 Å². The molecule has 1 saturated carbocycles. The molecule has 104 valence electrons. The summed E-state index contributed by atoms with van der Waals surface area (Å²) >= 11 is 0. The smallest absolute Gasteiger partial charge is 0.00699 e. The Labute approximate surface area is 113 Å². The molecule has 0 saturated heterocycles. The SMILES string of the molecule is CC(C)C1CCCC(NCCC2=CCCCC2)C1. The summed E-state index contributed by atoms with van der Waals surface area (Å²) in [6, 6.07) is 0.801. The lowest BCUT2D eigenvalue weighted by Gasteiger charge is -2.32. The van der Waals surface area contributed by atoms with Crippen LogP contribution in [0.15, 0.2) is 11.6 Å². The molecule has 2 rings (SSSR count). The number of allylic oxidation sites excluding steroid dienone is 1. The molecule has 2 unspecified atom stereocenters. The van der Waals surface area contributed by atoms with Gasteiger partial charge in [0.2, 0.25) is 0 Å². The lowest BCUT2D eigenvalue weighted by Crippen LogP contribution is -2.36. The Hall–Kier alpha value is -0.300. The average Bonchev–Trinajstić information content (AvgIpc) is 2.40. The molecule has 0 bridgehead atoms. The van der Waals surface area contributed by atoms with Crippen molar-refractivity contribution < 1.29 is 0 Å². The Kier molecular flexibility index (Phi) is 5.75. The van der Waals surface area contributed by atoms with Crippen molar-refractivity contribution in [2.75, 3.05) is 6.54 Å². The number of hydrogen-bond donors (Lipinski definition) is 1. The Morgan fingerprint density at radius 3 is 2.83 bits per heavy atom. The van der Waals surface area contributed by atoms with Crippen LogP contribution in [-0.2, 0) is 0 Å². The van der Waals surface area contributed by atoms with Crippen LogP contribution in [-0.4, -0.2) is 12.6 Å². The predicted molar refractivity (Wildman–Crippen MR) is 79.8 cm³/mol. The average molecular weight is 249 g/mol. The summed E-state index contributed by atoms with van der Waals surface area (Å²) in [5, 5.41) is 3.81. The first-order valence-corrected chi connectivity index (χ1v) is 8.17. The Bertz CT molecular complexity index is 267. The zero-order valence-corrected chi connectivity index (χ0v) is 12.4. The second-order valence-electron chi connectivity index (χ2n) is 6.68. The number of hydrogen-bond acceptors (Lipinski definition) is 1. The summed E-state index contributed by atoms with van der Waals surface area (Å²) in [7, 11) is 0. The van der Waals surface area contributed by atoms with Crippen molar-refractivity contribution in [3.8, 4) is 0 Å². The van der Waals surface area contributed by atoms with Crippen LogP contribution in [0, 0.1) is 11.8 Å². The highest BCUT2D eigenvalue weighted by Crippen LogP contribution is 2.30. The molecule has 0 spiro atoms. The highest BCUT2D eigenvalue weighted by atomic mass is 14.9. The van der Waals surface area contributed by atoms with E-state index in [9.17, 15) is 0 Å². The van der Waals surface area contributed by atoms with E-state index in [1.54, 1.807) is 5.57 Å². The second-order valence-corrected chi connectivity index (χ2v) is 6.68. The highest BCUT2D eigenvalue weighted by molar-refractivity contribution is 5.05. The van der Waals surface area contributed by atoms with Crippen molar-refractivity contribution in [1.82, 2.24) is 5.32 Å². The Balaban J connectivity index is 1.65. The van der Waals surface area contributed by atoms with E-state index >= 15 is 0 Å². The summed E-state index contributed by atoms with van der Waals surface area (Å²) in [5.41, 5.74) is 1.71. The monoisotopic (exact) mass is 249 g/mol. The minimum Gasteiger partial charge on any atom is -0.314 e. The molecule has 0 aromatic carbocycles. The van der Waals surface area contributed by atoms with Gasteiger partial charge in [0, 0.05) is 6.04 Å². The quantitative estimate of drug-likeness (QED) is 0.698. The lowest BCUT2D eigenvalue weighted by atomic mass is 9.79. The van der Waals surface area contributed by atoms with E-state index in [-0.39, 0.29) is 0 Å². The molecule has 0 aromatic heterocycles. The minimum atomic E-state index is 0.801. The molecule has 1 N–H and O–H groups in total. The molecule has 0 aliphatic heterocycles. The van der Waals surface area contributed by atoms with E-state index in [1.807, 2.05) is 0 Å². The van der Waals surface area contributed by atoms with E-state index in [0.29, 0.717) is 0 Å². The van der Waals surface area contributed by atoms with Gasteiger partial charge in [-0.2, -0.15) is 0 Å². The standard InChI is InChI=1S/C17H31N/c1-14(2)16-9-6-10-17(13-16)18-12-11-15-7-4-3-5-8-15/h7,14,16-18H,3-6,8-13H2,1-2H3. The lowest BCUT2D eigenvalue weighted by molar-refractivity contribution is 0.232. The maximum absolute atomic E-state index is 3.81. The third kappa shape index (κ3) is 4.42. The zero-order chi connectivity index (χ0) is 12.8. The molecular formula is C17H31N. The van der Waals surface area contributed by atoms with Crippen molar-refractivity contribution in [3.63, 3.8) is 0 Å². The van der Waals surface area contributed by atoms with E-state index < -0.39 is 0 Å². The van der Waals surface area contributed by atoms with E-state index in [0.717, 1.165) is 17.9 Å². The van der Waals surface area contributed by atoms with Crippen LogP contribution >= 0.6 is 0 Å². The number of nitrogens with one attached hydrogen (secondary N) is 1. The van der Waals surface area contributed by atoms with Gasteiger partial charge in [0.15, 0.2) is 0 Å². The maximum atomic E-state index is 3.81. The van der Waals surface area contributed by atoms with Crippen molar-refractivity contribution in [2.45, 2.75) is 77.7 Å².